The van der Waals surface area contributed by atoms with Crippen LogP contribution < -0.4 is 0 Å². The first-order valence-corrected chi connectivity index (χ1v) is 3.62. The Kier molecular flexibility index (Phi) is 2.10. The Morgan fingerprint density at radius 2 is 2.50 bits per heavy atom. The second-order valence-electron chi connectivity index (χ2n) is 2.92. The van der Waals surface area contributed by atoms with Crippen LogP contribution in [0.2, 0.25) is 0 Å². The van der Waals surface area contributed by atoms with Crippen LogP contribution in [0.4, 0.5) is 0 Å². The van der Waals surface area contributed by atoms with Crippen LogP contribution in [0, 0.1) is 5.92 Å². The van der Waals surface area contributed by atoms with Crippen molar-refractivity contribution in [2.75, 3.05) is 0 Å². The molecule has 10 heavy (non-hydrogen) atoms. The van der Waals surface area contributed by atoms with E-state index in [1.165, 1.54) is 0 Å². The van der Waals surface area contributed by atoms with Crippen LogP contribution in [0.5, 0.6) is 0 Å². The summed E-state index contributed by atoms with van der Waals surface area (Å²) < 4.78 is 0. The van der Waals surface area contributed by atoms with E-state index in [9.17, 15) is 4.79 Å². The maximum absolute atomic E-state index is 10.4. The number of carboxylic acid groups (broad SMARTS) is 1. The molecule has 0 spiro atoms. The molecule has 2 nitrogen and oxygen atoms in total. The molecule has 0 heterocycles. The molecular formula is C8H12O2. The van der Waals surface area contributed by atoms with Gasteiger partial charge in [-0.05, 0) is 25.2 Å². The first-order chi connectivity index (χ1) is 4.70. The second kappa shape index (κ2) is 2.86. The Balaban J connectivity index is 2.60. The third-order valence-electron chi connectivity index (χ3n) is 1.89. The number of rotatable bonds is 1. The van der Waals surface area contributed by atoms with E-state index < -0.39 is 5.97 Å². The Morgan fingerprint density at radius 1 is 1.80 bits per heavy atom. The molecule has 0 saturated carbocycles. The van der Waals surface area contributed by atoms with Crippen molar-refractivity contribution in [2.45, 2.75) is 26.2 Å². The molecule has 2 heteroatoms. The minimum absolute atomic E-state index is 0.552. The van der Waals surface area contributed by atoms with Gasteiger partial charge < -0.3 is 5.11 Å². The fourth-order valence-corrected chi connectivity index (χ4v) is 1.28. The SMILES string of the molecule is CC1CCC=C(C(=O)O)C1. The Morgan fingerprint density at radius 3 is 2.90 bits per heavy atom. The summed E-state index contributed by atoms with van der Waals surface area (Å²) in [4.78, 5) is 10.4. The molecule has 0 aromatic heterocycles. The smallest absolute Gasteiger partial charge is 0.331 e. The van der Waals surface area contributed by atoms with Gasteiger partial charge in [0.2, 0.25) is 0 Å². The van der Waals surface area contributed by atoms with Gasteiger partial charge in [0.25, 0.3) is 0 Å². The third-order valence-corrected chi connectivity index (χ3v) is 1.89. The van der Waals surface area contributed by atoms with Crippen molar-refractivity contribution >= 4 is 5.97 Å². The highest BCUT2D eigenvalue weighted by molar-refractivity contribution is 5.86. The molecule has 1 atom stereocenters. The largest absolute Gasteiger partial charge is 0.478 e. The summed E-state index contributed by atoms with van der Waals surface area (Å²) in [6.07, 6.45) is 4.65. The van der Waals surface area contributed by atoms with E-state index in [0.717, 1.165) is 19.3 Å². The maximum Gasteiger partial charge on any atom is 0.331 e. The van der Waals surface area contributed by atoms with Crippen molar-refractivity contribution in [3.05, 3.63) is 11.6 Å². The predicted molar refractivity (Wildman–Crippen MR) is 38.7 cm³/mol. The molecule has 1 aliphatic rings. The van der Waals surface area contributed by atoms with E-state index in [1.807, 2.05) is 6.08 Å². The molecule has 0 bridgehead atoms. The van der Waals surface area contributed by atoms with Gasteiger partial charge in [0.05, 0.1) is 0 Å². The quantitative estimate of drug-likeness (QED) is 0.603. The topological polar surface area (TPSA) is 37.3 Å². The summed E-state index contributed by atoms with van der Waals surface area (Å²) in [5, 5.41) is 8.59. The molecule has 0 aromatic rings. The molecule has 1 aliphatic carbocycles. The summed E-state index contributed by atoms with van der Waals surface area (Å²) in [6.45, 7) is 2.09. The fourth-order valence-electron chi connectivity index (χ4n) is 1.28. The second-order valence-corrected chi connectivity index (χ2v) is 2.92. The zero-order valence-corrected chi connectivity index (χ0v) is 6.13. The van der Waals surface area contributed by atoms with Crippen LogP contribution in [-0.4, -0.2) is 11.1 Å². The molecule has 1 N–H and O–H groups in total. The highest BCUT2D eigenvalue weighted by Gasteiger charge is 2.15. The van der Waals surface area contributed by atoms with Crippen LogP contribution in [0.1, 0.15) is 26.2 Å². The molecule has 0 radical (unpaired) electrons. The monoisotopic (exact) mass is 140 g/mol. The molecule has 56 valence electrons. The van der Waals surface area contributed by atoms with Gasteiger partial charge in [0.1, 0.15) is 0 Å². The number of allylic oxidation sites excluding steroid dienone is 1. The van der Waals surface area contributed by atoms with Gasteiger partial charge in [-0.3, -0.25) is 0 Å². The van der Waals surface area contributed by atoms with E-state index >= 15 is 0 Å². The number of aliphatic carboxylic acids is 1. The van der Waals surface area contributed by atoms with E-state index in [2.05, 4.69) is 6.92 Å². The molecule has 1 unspecified atom stereocenters. The van der Waals surface area contributed by atoms with E-state index in [4.69, 9.17) is 5.11 Å². The Bertz CT molecular complexity index is 170. The normalized spacial score (nSPS) is 25.7. The van der Waals surface area contributed by atoms with Crippen LogP contribution >= 0.6 is 0 Å². The molecule has 1 rings (SSSR count). The van der Waals surface area contributed by atoms with Gasteiger partial charge in [-0.15, -0.1) is 0 Å². The lowest BCUT2D eigenvalue weighted by Gasteiger charge is -2.15. The number of carbonyl (C=O) groups is 1. The lowest BCUT2D eigenvalue weighted by molar-refractivity contribution is -0.133. The van der Waals surface area contributed by atoms with Crippen molar-refractivity contribution in [1.29, 1.82) is 0 Å². The third kappa shape index (κ3) is 1.59. The molecular weight excluding hydrogens is 128 g/mol. The number of hydrogen-bond acceptors (Lipinski definition) is 1. The zero-order chi connectivity index (χ0) is 7.56. The summed E-state index contributed by atoms with van der Waals surface area (Å²) in [5.41, 5.74) is 0.596. The van der Waals surface area contributed by atoms with Crippen LogP contribution in [0.15, 0.2) is 11.6 Å². The Labute approximate surface area is 60.6 Å². The first kappa shape index (κ1) is 7.32. The van der Waals surface area contributed by atoms with Gasteiger partial charge in [-0.1, -0.05) is 13.0 Å². The molecule has 0 amide bonds. The fraction of sp³-hybridized carbons (Fsp3) is 0.625. The van der Waals surface area contributed by atoms with E-state index in [-0.39, 0.29) is 0 Å². The van der Waals surface area contributed by atoms with Crippen LogP contribution in [-0.2, 0) is 4.79 Å². The molecule has 0 aromatic carbocycles. The van der Waals surface area contributed by atoms with Crippen molar-refractivity contribution in [1.82, 2.24) is 0 Å². The minimum Gasteiger partial charge on any atom is -0.478 e. The van der Waals surface area contributed by atoms with Gasteiger partial charge in [-0.25, -0.2) is 4.79 Å². The van der Waals surface area contributed by atoms with Gasteiger partial charge in [0, 0.05) is 5.57 Å². The molecule has 0 saturated heterocycles. The lowest BCUT2D eigenvalue weighted by atomic mass is 9.90. The van der Waals surface area contributed by atoms with Crippen molar-refractivity contribution in [3.8, 4) is 0 Å². The van der Waals surface area contributed by atoms with Crippen LogP contribution in [0.3, 0.4) is 0 Å². The first-order valence-electron chi connectivity index (χ1n) is 3.62. The summed E-state index contributed by atoms with van der Waals surface area (Å²) >= 11 is 0. The zero-order valence-electron chi connectivity index (χ0n) is 6.13. The molecule has 0 aliphatic heterocycles. The minimum atomic E-state index is -0.744. The summed E-state index contributed by atoms with van der Waals surface area (Å²) in [6, 6.07) is 0. The number of hydrogen-bond donors (Lipinski definition) is 1. The Hall–Kier alpha value is -0.790. The highest BCUT2D eigenvalue weighted by atomic mass is 16.4. The van der Waals surface area contributed by atoms with E-state index in [1.54, 1.807) is 0 Å². The standard InChI is InChI=1S/C8H12O2/c1-6-3-2-4-7(5-6)8(9)10/h4,6H,2-3,5H2,1H3,(H,9,10). The van der Waals surface area contributed by atoms with Crippen molar-refractivity contribution in [3.63, 3.8) is 0 Å². The average Bonchev–Trinajstić information content (AvgIpc) is 1.88. The predicted octanol–water partition coefficient (Wildman–Crippen LogP) is 1.82. The maximum atomic E-state index is 10.4. The van der Waals surface area contributed by atoms with Gasteiger partial charge in [-0.2, -0.15) is 0 Å². The summed E-state index contributed by atoms with van der Waals surface area (Å²) in [7, 11) is 0. The molecule has 0 fully saturated rings. The van der Waals surface area contributed by atoms with Crippen molar-refractivity contribution in [2.24, 2.45) is 5.92 Å². The summed E-state index contributed by atoms with van der Waals surface area (Å²) in [5.74, 6) is -0.192. The highest BCUT2D eigenvalue weighted by Crippen LogP contribution is 2.22. The van der Waals surface area contributed by atoms with Gasteiger partial charge >= 0.3 is 5.97 Å². The van der Waals surface area contributed by atoms with Crippen LogP contribution in [0.25, 0.3) is 0 Å². The average molecular weight is 140 g/mol. The lowest BCUT2D eigenvalue weighted by Crippen LogP contribution is -2.09. The number of carboxylic acids is 1. The van der Waals surface area contributed by atoms with Crippen molar-refractivity contribution < 1.29 is 9.90 Å². The van der Waals surface area contributed by atoms with E-state index in [0.29, 0.717) is 11.5 Å². The van der Waals surface area contributed by atoms with Gasteiger partial charge in [0.15, 0.2) is 0 Å².